The van der Waals surface area contributed by atoms with Crippen LogP contribution in [0.5, 0.6) is 0 Å². The van der Waals surface area contributed by atoms with Crippen LogP contribution in [0.25, 0.3) is 0 Å². The minimum Gasteiger partial charge on any atom is -0.0713 e. The van der Waals surface area contributed by atoms with Gasteiger partial charge in [0.05, 0.1) is 0 Å². The van der Waals surface area contributed by atoms with Gasteiger partial charge in [-0.25, -0.2) is 0 Å². The first kappa shape index (κ1) is 6.54. The van der Waals surface area contributed by atoms with Gasteiger partial charge in [0.2, 0.25) is 0 Å². The lowest BCUT2D eigenvalue weighted by atomic mass is 10.8. The highest BCUT2D eigenvalue weighted by atomic mass is 35.5. The summed E-state index contributed by atoms with van der Waals surface area (Å²) in [4.78, 5) is 0. The van der Waals surface area contributed by atoms with Crippen molar-refractivity contribution >= 4 is 33.4 Å². The van der Waals surface area contributed by atoms with E-state index in [0.717, 1.165) is 16.3 Å². The van der Waals surface area contributed by atoms with E-state index in [1.54, 1.807) is 6.08 Å². The van der Waals surface area contributed by atoms with E-state index in [-0.39, 0.29) is 0 Å². The Bertz CT molecular complexity index is 55.8. The van der Waals surface area contributed by atoms with Crippen molar-refractivity contribution in [1.82, 2.24) is 0 Å². The molecule has 0 rings (SSSR count). The van der Waals surface area contributed by atoms with E-state index >= 15 is 0 Å². The van der Waals surface area contributed by atoms with Crippen molar-refractivity contribution in [2.45, 2.75) is 6.04 Å². The minimum atomic E-state index is 0.394. The number of hydrogen-bond donors (Lipinski definition) is 0. The molecule has 0 amide bonds. The normalized spacial score (nSPS) is 8.33. The zero-order chi connectivity index (χ0) is 4.99. The smallest absolute Gasteiger partial charge is 0.0713 e. The van der Waals surface area contributed by atoms with Crippen LogP contribution in [0.1, 0.15) is 0 Å². The van der Waals surface area contributed by atoms with Crippen LogP contribution in [0.3, 0.4) is 0 Å². The van der Waals surface area contributed by atoms with Gasteiger partial charge >= 0.3 is 0 Å². The van der Waals surface area contributed by atoms with Gasteiger partial charge in [-0.15, -0.1) is 0 Å². The molecule has 0 spiro atoms. The SMILES string of the molecule is [SiH3]CC=C(Cl)Cl. The molecule has 0 aliphatic rings. The first-order valence-corrected chi connectivity index (χ1v) is 3.95. The minimum absolute atomic E-state index is 0.394. The molecule has 3 heteroatoms. The van der Waals surface area contributed by atoms with Crippen molar-refractivity contribution in [3.63, 3.8) is 0 Å². The van der Waals surface area contributed by atoms with E-state index in [9.17, 15) is 0 Å². The van der Waals surface area contributed by atoms with E-state index < -0.39 is 0 Å². The summed E-state index contributed by atoms with van der Waals surface area (Å²) in [5.74, 6) is 0. The molecule has 0 nitrogen and oxygen atoms in total. The summed E-state index contributed by atoms with van der Waals surface area (Å²) in [6.07, 6.45) is 1.80. The summed E-state index contributed by atoms with van der Waals surface area (Å²) in [6, 6.07) is 1.04. The highest BCUT2D eigenvalue weighted by Crippen LogP contribution is 2.05. The van der Waals surface area contributed by atoms with Crippen LogP contribution >= 0.6 is 23.2 Å². The lowest BCUT2D eigenvalue weighted by Gasteiger charge is -1.74. The molecule has 0 N–H and O–H groups in total. The van der Waals surface area contributed by atoms with Gasteiger partial charge in [-0.05, 0) is 6.04 Å². The Hall–Kier alpha value is 0.537. The first-order valence-electron chi connectivity index (χ1n) is 1.78. The molecule has 0 aromatic carbocycles. The molecule has 6 heavy (non-hydrogen) atoms. The van der Waals surface area contributed by atoms with E-state index in [0.29, 0.717) is 4.49 Å². The summed E-state index contributed by atoms with van der Waals surface area (Å²) < 4.78 is 0.394. The quantitative estimate of drug-likeness (QED) is 0.479. The fraction of sp³-hybridized carbons (Fsp3) is 0.333. The maximum Gasteiger partial charge on any atom is 0.102 e. The maximum absolute atomic E-state index is 5.23. The van der Waals surface area contributed by atoms with Crippen LogP contribution in [-0.4, -0.2) is 10.2 Å². The average molecular weight is 141 g/mol. The maximum atomic E-state index is 5.23. The third kappa shape index (κ3) is 4.54. The number of halogens is 2. The molecule has 0 fully saturated rings. The van der Waals surface area contributed by atoms with Crippen LogP contribution in [0.2, 0.25) is 6.04 Å². The highest BCUT2D eigenvalue weighted by Gasteiger charge is 1.74. The number of rotatable bonds is 1. The van der Waals surface area contributed by atoms with Crippen LogP contribution in [0.15, 0.2) is 10.6 Å². The predicted octanol–water partition coefficient (Wildman–Crippen LogP) is 1.09. The predicted molar refractivity (Wildman–Crippen MR) is 34.5 cm³/mol. The van der Waals surface area contributed by atoms with E-state index in [1.165, 1.54) is 0 Å². The Kier molecular flexibility index (Phi) is 4.05. The van der Waals surface area contributed by atoms with Crippen molar-refractivity contribution in [1.29, 1.82) is 0 Å². The monoisotopic (exact) mass is 140 g/mol. The molecule has 0 radical (unpaired) electrons. The molecule has 0 heterocycles. The first-order chi connectivity index (χ1) is 2.77. The molecule has 0 aliphatic carbocycles. The van der Waals surface area contributed by atoms with E-state index in [2.05, 4.69) is 0 Å². The summed E-state index contributed by atoms with van der Waals surface area (Å²) in [6.45, 7) is 0. The Labute approximate surface area is 50.6 Å². The third-order valence-electron chi connectivity index (χ3n) is 0.358. The Morgan fingerprint density at radius 3 is 2.17 bits per heavy atom. The Morgan fingerprint density at radius 2 is 2.17 bits per heavy atom. The third-order valence-corrected chi connectivity index (χ3v) is 1.08. The van der Waals surface area contributed by atoms with Crippen molar-refractivity contribution in [3.8, 4) is 0 Å². The molecule has 0 aromatic heterocycles. The summed E-state index contributed by atoms with van der Waals surface area (Å²) in [5.41, 5.74) is 0. The zero-order valence-corrected chi connectivity index (χ0v) is 7.05. The van der Waals surface area contributed by atoms with Gasteiger partial charge < -0.3 is 0 Å². The fourth-order valence-corrected chi connectivity index (χ4v) is 1.39. The molecule has 0 unspecified atom stereocenters. The van der Waals surface area contributed by atoms with Crippen molar-refractivity contribution in [3.05, 3.63) is 10.6 Å². The number of allylic oxidation sites excluding steroid dienone is 1. The second-order valence-electron chi connectivity index (χ2n) is 0.902. The second kappa shape index (κ2) is 3.72. The zero-order valence-electron chi connectivity index (χ0n) is 3.54. The fourth-order valence-electron chi connectivity index (χ4n) is 0.154. The van der Waals surface area contributed by atoms with Crippen LogP contribution in [0.4, 0.5) is 0 Å². The van der Waals surface area contributed by atoms with Gasteiger partial charge in [-0.1, -0.05) is 29.3 Å². The van der Waals surface area contributed by atoms with Crippen LogP contribution in [-0.2, 0) is 0 Å². The summed E-state index contributed by atoms with van der Waals surface area (Å²) in [7, 11) is 1.14. The van der Waals surface area contributed by atoms with Gasteiger partial charge in [0, 0.05) is 10.2 Å². The molecule has 0 saturated carbocycles. The van der Waals surface area contributed by atoms with Crippen molar-refractivity contribution < 1.29 is 0 Å². The van der Waals surface area contributed by atoms with E-state index in [1.807, 2.05) is 0 Å². The van der Waals surface area contributed by atoms with Gasteiger partial charge in [0.25, 0.3) is 0 Å². The standard InChI is InChI=1S/C3H6Cl2Si/c4-3(5)1-2-6/h1H,2H2,6H3. The van der Waals surface area contributed by atoms with Crippen molar-refractivity contribution in [2.75, 3.05) is 0 Å². The molecular weight excluding hydrogens is 135 g/mol. The topological polar surface area (TPSA) is 0 Å². The van der Waals surface area contributed by atoms with E-state index in [4.69, 9.17) is 23.2 Å². The molecule has 36 valence electrons. The summed E-state index contributed by atoms with van der Waals surface area (Å²) in [5, 5.41) is 0. The average Bonchev–Trinajstić information content (AvgIpc) is 1.35. The molecule has 0 saturated heterocycles. The van der Waals surface area contributed by atoms with Gasteiger partial charge in [0.15, 0.2) is 0 Å². The molecular formula is C3H6Cl2Si. The molecule has 0 bridgehead atoms. The lowest BCUT2D eigenvalue weighted by molar-refractivity contribution is 1.73. The Morgan fingerprint density at radius 1 is 1.67 bits per heavy atom. The van der Waals surface area contributed by atoms with Gasteiger partial charge in [-0.2, -0.15) is 0 Å². The highest BCUT2D eigenvalue weighted by molar-refractivity contribution is 6.56. The Balaban J connectivity index is 3.14. The summed E-state index contributed by atoms with van der Waals surface area (Å²) >= 11 is 10.5. The molecule has 0 aromatic rings. The molecule has 0 aliphatic heterocycles. The lowest BCUT2D eigenvalue weighted by Crippen LogP contribution is -1.55. The van der Waals surface area contributed by atoms with Crippen LogP contribution in [0, 0.1) is 0 Å². The van der Waals surface area contributed by atoms with Crippen LogP contribution < -0.4 is 0 Å². The van der Waals surface area contributed by atoms with Crippen molar-refractivity contribution in [2.24, 2.45) is 0 Å². The largest absolute Gasteiger partial charge is 0.102 e. The number of hydrogen-bond acceptors (Lipinski definition) is 0. The second-order valence-corrected chi connectivity index (χ2v) is 2.73. The van der Waals surface area contributed by atoms with Gasteiger partial charge in [0.1, 0.15) is 4.49 Å². The molecule has 0 atom stereocenters. The van der Waals surface area contributed by atoms with Gasteiger partial charge in [-0.3, -0.25) is 0 Å².